The van der Waals surface area contributed by atoms with Crippen molar-refractivity contribution >= 4 is 28.5 Å². The molecular weight excluding hydrogens is 388 g/mol. The zero-order chi connectivity index (χ0) is 20.5. The highest BCUT2D eigenvalue weighted by Gasteiger charge is 2.24. The second-order valence-corrected chi connectivity index (χ2v) is 6.93. The van der Waals surface area contributed by atoms with Gasteiger partial charge in [-0.2, -0.15) is 0 Å². The van der Waals surface area contributed by atoms with Crippen LogP contribution in [-0.4, -0.2) is 27.9 Å². The lowest BCUT2D eigenvalue weighted by atomic mass is 9.92. The minimum absolute atomic E-state index is 0.229. The molecule has 7 heteroatoms. The van der Waals surface area contributed by atoms with Gasteiger partial charge in [-0.25, -0.2) is 9.97 Å². The van der Waals surface area contributed by atoms with Crippen LogP contribution >= 0.6 is 11.6 Å². The molecule has 0 saturated carbocycles. The Kier molecular flexibility index (Phi) is 4.86. The maximum absolute atomic E-state index is 13.0. The molecule has 0 aliphatic carbocycles. The summed E-state index contributed by atoms with van der Waals surface area (Å²) in [7, 11) is 1.53. The molecule has 3 heterocycles. The van der Waals surface area contributed by atoms with E-state index in [1.54, 1.807) is 6.07 Å². The van der Waals surface area contributed by atoms with E-state index in [1.807, 2.05) is 43.3 Å². The summed E-state index contributed by atoms with van der Waals surface area (Å²) in [5.41, 5.74) is 3.57. The van der Waals surface area contributed by atoms with Gasteiger partial charge < -0.3 is 10.3 Å². The third-order valence-electron chi connectivity index (χ3n) is 4.61. The Morgan fingerprint density at radius 2 is 1.83 bits per heavy atom. The van der Waals surface area contributed by atoms with E-state index in [9.17, 15) is 9.59 Å². The summed E-state index contributed by atoms with van der Waals surface area (Å²) < 4.78 is 0. The van der Waals surface area contributed by atoms with Gasteiger partial charge in [0, 0.05) is 36.1 Å². The van der Waals surface area contributed by atoms with E-state index in [0.29, 0.717) is 33.3 Å². The molecular formula is C22H17ClN4O2. The molecule has 3 aromatic heterocycles. The highest BCUT2D eigenvalue weighted by Crippen LogP contribution is 2.37. The number of aromatic nitrogens is 3. The van der Waals surface area contributed by atoms with Gasteiger partial charge in [0.2, 0.25) is 0 Å². The summed E-state index contributed by atoms with van der Waals surface area (Å²) in [6, 6.07) is 14.4. The largest absolute Gasteiger partial charge is 0.355 e. The lowest BCUT2D eigenvalue weighted by Crippen LogP contribution is -2.22. The van der Waals surface area contributed by atoms with Gasteiger partial charge in [-0.05, 0) is 24.6 Å². The van der Waals surface area contributed by atoms with Crippen LogP contribution in [0.5, 0.6) is 0 Å². The van der Waals surface area contributed by atoms with E-state index in [2.05, 4.69) is 15.3 Å². The van der Waals surface area contributed by atoms with Crippen molar-refractivity contribution in [2.45, 2.75) is 6.92 Å². The van der Waals surface area contributed by atoms with Crippen LogP contribution in [-0.2, 0) is 0 Å². The fraction of sp³-hybridized carbons (Fsp3) is 0.0909. The third-order valence-corrected chi connectivity index (χ3v) is 4.80. The maximum Gasteiger partial charge on any atom is 0.252 e. The second-order valence-electron chi connectivity index (χ2n) is 6.54. The van der Waals surface area contributed by atoms with E-state index >= 15 is 0 Å². The number of hydrogen-bond acceptors (Lipinski definition) is 4. The first-order valence-electron chi connectivity index (χ1n) is 8.97. The Bertz CT molecular complexity index is 1280. The molecule has 0 bridgehead atoms. The van der Waals surface area contributed by atoms with Gasteiger partial charge in [-0.15, -0.1) is 0 Å². The quantitative estimate of drug-likeness (QED) is 0.506. The number of aromatic amines is 1. The van der Waals surface area contributed by atoms with Gasteiger partial charge in [-0.1, -0.05) is 41.9 Å². The molecule has 0 atom stereocenters. The SMILES string of the molecule is CNC(=O)c1c(-c2cc(C)nc(Cl)c2)c(-c2ccccc2)nc2[nH]ccc(=O)c12. The minimum Gasteiger partial charge on any atom is -0.355 e. The number of nitrogens with zero attached hydrogens (tertiary/aromatic N) is 2. The number of pyridine rings is 3. The summed E-state index contributed by atoms with van der Waals surface area (Å²) in [6.45, 7) is 1.82. The molecule has 4 rings (SSSR count). The van der Waals surface area contributed by atoms with Crippen molar-refractivity contribution in [3.63, 3.8) is 0 Å². The number of aryl methyl sites for hydroxylation is 1. The number of benzene rings is 1. The highest BCUT2D eigenvalue weighted by molar-refractivity contribution is 6.29. The van der Waals surface area contributed by atoms with Crippen LogP contribution in [0.25, 0.3) is 33.4 Å². The molecule has 0 spiro atoms. The first-order valence-corrected chi connectivity index (χ1v) is 9.35. The van der Waals surface area contributed by atoms with Crippen molar-refractivity contribution < 1.29 is 4.79 Å². The van der Waals surface area contributed by atoms with Gasteiger partial charge in [-0.3, -0.25) is 9.59 Å². The Morgan fingerprint density at radius 3 is 2.52 bits per heavy atom. The molecule has 0 radical (unpaired) electrons. The molecule has 0 saturated heterocycles. The Labute approximate surface area is 171 Å². The van der Waals surface area contributed by atoms with Gasteiger partial charge >= 0.3 is 0 Å². The van der Waals surface area contributed by atoms with Crippen LogP contribution in [0.3, 0.4) is 0 Å². The van der Waals surface area contributed by atoms with Gasteiger partial charge in [0.15, 0.2) is 5.43 Å². The van der Waals surface area contributed by atoms with E-state index < -0.39 is 0 Å². The zero-order valence-electron chi connectivity index (χ0n) is 15.8. The Hall–Kier alpha value is -3.51. The van der Waals surface area contributed by atoms with Crippen LogP contribution in [0.15, 0.2) is 59.5 Å². The summed E-state index contributed by atoms with van der Waals surface area (Å²) in [5.74, 6) is -0.383. The molecule has 1 amide bonds. The van der Waals surface area contributed by atoms with Crippen molar-refractivity contribution in [2.75, 3.05) is 7.05 Å². The van der Waals surface area contributed by atoms with Crippen molar-refractivity contribution in [3.8, 4) is 22.4 Å². The van der Waals surface area contributed by atoms with Gasteiger partial charge in [0.1, 0.15) is 10.8 Å². The fourth-order valence-corrected chi connectivity index (χ4v) is 3.67. The molecule has 29 heavy (non-hydrogen) atoms. The number of hydrogen-bond donors (Lipinski definition) is 2. The fourth-order valence-electron chi connectivity index (χ4n) is 3.42. The molecule has 0 unspecified atom stereocenters. The lowest BCUT2D eigenvalue weighted by molar-refractivity contribution is 0.0965. The minimum atomic E-state index is -0.383. The number of H-pyrrole nitrogens is 1. The number of carbonyl (C=O) groups is 1. The predicted molar refractivity (Wildman–Crippen MR) is 114 cm³/mol. The number of amides is 1. The molecule has 4 aromatic rings. The summed E-state index contributed by atoms with van der Waals surface area (Å²) in [4.78, 5) is 37.6. The van der Waals surface area contributed by atoms with Gasteiger partial charge in [0.25, 0.3) is 5.91 Å². The van der Waals surface area contributed by atoms with E-state index in [1.165, 1.54) is 19.3 Å². The molecule has 0 aliphatic heterocycles. The first kappa shape index (κ1) is 18.8. The highest BCUT2D eigenvalue weighted by atomic mass is 35.5. The predicted octanol–water partition coefficient (Wildman–Crippen LogP) is 3.97. The molecule has 6 nitrogen and oxygen atoms in total. The summed E-state index contributed by atoms with van der Waals surface area (Å²) in [5, 5.41) is 3.17. The topological polar surface area (TPSA) is 87.7 Å². The molecule has 0 fully saturated rings. The van der Waals surface area contributed by atoms with Crippen LogP contribution in [0, 0.1) is 6.92 Å². The molecule has 2 N–H and O–H groups in total. The van der Waals surface area contributed by atoms with Crippen LogP contribution in [0.1, 0.15) is 16.1 Å². The monoisotopic (exact) mass is 404 g/mol. The molecule has 0 aliphatic rings. The van der Waals surface area contributed by atoms with Crippen molar-refractivity contribution in [1.82, 2.24) is 20.3 Å². The van der Waals surface area contributed by atoms with E-state index in [4.69, 9.17) is 16.6 Å². The van der Waals surface area contributed by atoms with Crippen LogP contribution in [0.4, 0.5) is 0 Å². The maximum atomic E-state index is 13.0. The molecule has 144 valence electrons. The first-order chi connectivity index (χ1) is 14.0. The third kappa shape index (κ3) is 3.39. The van der Waals surface area contributed by atoms with E-state index in [-0.39, 0.29) is 22.3 Å². The van der Waals surface area contributed by atoms with Crippen molar-refractivity contribution in [2.24, 2.45) is 0 Å². The van der Waals surface area contributed by atoms with Crippen LogP contribution < -0.4 is 10.7 Å². The number of carbonyl (C=O) groups excluding carboxylic acids is 1. The average molecular weight is 405 g/mol. The lowest BCUT2D eigenvalue weighted by Gasteiger charge is -2.17. The summed E-state index contributed by atoms with van der Waals surface area (Å²) >= 11 is 6.21. The molecule has 1 aromatic carbocycles. The van der Waals surface area contributed by atoms with Gasteiger partial charge in [0.05, 0.1) is 16.6 Å². The second kappa shape index (κ2) is 7.48. The van der Waals surface area contributed by atoms with Crippen molar-refractivity contribution in [1.29, 1.82) is 0 Å². The average Bonchev–Trinajstić information content (AvgIpc) is 2.72. The number of fused-ring (bicyclic) bond motifs is 1. The number of nitrogens with one attached hydrogen (secondary N) is 2. The smallest absolute Gasteiger partial charge is 0.252 e. The Morgan fingerprint density at radius 1 is 1.07 bits per heavy atom. The van der Waals surface area contributed by atoms with Crippen LogP contribution in [0.2, 0.25) is 5.15 Å². The summed E-state index contributed by atoms with van der Waals surface area (Å²) in [6.07, 6.45) is 1.52. The Balaban J connectivity index is 2.25. The standard InChI is InChI=1S/C22H17ClN4O2/c1-12-10-14(11-16(23)26-12)17-19(22(29)24-2)18-15(28)8-9-25-21(18)27-20(17)13-6-4-3-5-7-13/h3-11H,1-2H3,(H,24,29)(H,25,27,28). The zero-order valence-corrected chi connectivity index (χ0v) is 16.5. The van der Waals surface area contributed by atoms with Crippen molar-refractivity contribution in [3.05, 3.63) is 81.4 Å². The normalized spacial score (nSPS) is 10.9. The number of rotatable bonds is 3. The number of halogens is 1. The van der Waals surface area contributed by atoms with E-state index in [0.717, 1.165) is 5.56 Å².